The van der Waals surface area contributed by atoms with Crippen molar-refractivity contribution in [3.8, 4) is 5.75 Å². The zero-order valence-corrected chi connectivity index (χ0v) is 10.4. The van der Waals surface area contributed by atoms with E-state index in [0.29, 0.717) is 18.0 Å². The molecule has 0 bridgehead atoms. The summed E-state index contributed by atoms with van der Waals surface area (Å²) in [7, 11) is 0. The molecule has 0 amide bonds. The Bertz CT molecular complexity index is 336. The normalized spacial score (nSPS) is 10.9. The molecule has 1 aromatic carbocycles. The van der Waals surface area contributed by atoms with E-state index in [1.165, 1.54) is 0 Å². The maximum absolute atomic E-state index is 7.87. The van der Waals surface area contributed by atoms with Gasteiger partial charge in [0.05, 0.1) is 24.1 Å². The van der Waals surface area contributed by atoms with Crippen LogP contribution in [0, 0.1) is 0 Å². The molecule has 17 heavy (non-hydrogen) atoms. The van der Waals surface area contributed by atoms with E-state index in [1.807, 2.05) is 0 Å². The van der Waals surface area contributed by atoms with Gasteiger partial charge in [-0.15, -0.1) is 9.45 Å². The Balaban J connectivity index is 2.18. The largest absolute Gasteiger partial charge is 0.494 e. The fourth-order valence-electron chi connectivity index (χ4n) is 1.02. The predicted molar refractivity (Wildman–Crippen MR) is 64.2 cm³/mol. The van der Waals surface area contributed by atoms with Gasteiger partial charge in [0.15, 0.2) is 0 Å². The molecule has 0 radical (unpaired) electrons. The van der Waals surface area contributed by atoms with E-state index in [2.05, 4.69) is 19.1 Å². The molecule has 0 aliphatic rings. The van der Waals surface area contributed by atoms with Gasteiger partial charge in [0.2, 0.25) is 0 Å². The van der Waals surface area contributed by atoms with Gasteiger partial charge in [-0.2, -0.15) is 0 Å². The fraction of sp³-hybridized carbons (Fsp3) is 0.333. The molecule has 0 aliphatic heterocycles. The highest BCUT2D eigenvalue weighted by Gasteiger charge is 1.96. The van der Waals surface area contributed by atoms with E-state index in [-0.39, 0.29) is 0 Å². The van der Waals surface area contributed by atoms with E-state index < -0.39 is 0 Å². The standard InChI is InChI=1S/C9H11ClN2O4S/c10-12-11-8-2-4-9(5-3-8)14-6-1-7-17-16-15-13/h2-5,13H,1,6-7H2/b12-11+. The highest BCUT2D eigenvalue weighted by molar-refractivity contribution is 7.94. The van der Waals surface area contributed by atoms with E-state index in [4.69, 9.17) is 21.8 Å². The second-order valence-electron chi connectivity index (χ2n) is 2.84. The molecule has 0 aliphatic carbocycles. The van der Waals surface area contributed by atoms with Gasteiger partial charge < -0.3 is 4.74 Å². The summed E-state index contributed by atoms with van der Waals surface area (Å²) in [5.41, 5.74) is 0.663. The lowest BCUT2D eigenvalue weighted by molar-refractivity contribution is -0.432. The van der Waals surface area contributed by atoms with E-state index in [1.54, 1.807) is 24.3 Å². The maximum atomic E-state index is 7.87. The monoisotopic (exact) mass is 278 g/mol. The predicted octanol–water partition coefficient (Wildman–Crippen LogP) is 3.76. The number of hydrogen-bond acceptors (Lipinski definition) is 7. The summed E-state index contributed by atoms with van der Waals surface area (Å²) in [6.45, 7) is 0.540. The van der Waals surface area contributed by atoms with Gasteiger partial charge in [0, 0.05) is 17.8 Å². The van der Waals surface area contributed by atoms with Crippen LogP contribution in [0.3, 0.4) is 0 Å². The highest BCUT2D eigenvalue weighted by Crippen LogP contribution is 2.19. The molecule has 0 saturated heterocycles. The molecule has 0 saturated carbocycles. The molecular formula is C9H11ClN2O4S. The van der Waals surface area contributed by atoms with Gasteiger partial charge in [-0.3, -0.25) is 0 Å². The topological polar surface area (TPSA) is 72.6 Å². The summed E-state index contributed by atoms with van der Waals surface area (Å²) in [5.74, 6) is 1.39. The third kappa shape index (κ3) is 6.44. The average molecular weight is 279 g/mol. The molecule has 0 heterocycles. The van der Waals surface area contributed by atoms with Crippen LogP contribution in [0.1, 0.15) is 6.42 Å². The molecule has 0 aromatic heterocycles. The number of benzene rings is 1. The number of halogens is 1. The van der Waals surface area contributed by atoms with E-state index >= 15 is 0 Å². The van der Waals surface area contributed by atoms with Crippen molar-refractivity contribution in [2.45, 2.75) is 6.42 Å². The lowest BCUT2D eigenvalue weighted by Gasteiger charge is -2.05. The quantitative estimate of drug-likeness (QED) is 0.258. The number of ether oxygens (including phenoxy) is 1. The van der Waals surface area contributed by atoms with Crippen molar-refractivity contribution >= 4 is 29.5 Å². The molecule has 0 atom stereocenters. The molecule has 1 N–H and O–H groups in total. The Labute approximate surface area is 108 Å². The van der Waals surface area contributed by atoms with Crippen LogP contribution in [-0.4, -0.2) is 17.6 Å². The van der Waals surface area contributed by atoms with Crippen LogP contribution in [0.25, 0.3) is 0 Å². The van der Waals surface area contributed by atoms with Crippen LogP contribution in [0.2, 0.25) is 0 Å². The highest BCUT2D eigenvalue weighted by atomic mass is 35.5. The third-order valence-corrected chi connectivity index (χ3v) is 2.40. The molecule has 94 valence electrons. The van der Waals surface area contributed by atoms with Crippen molar-refractivity contribution in [3.63, 3.8) is 0 Å². The molecule has 6 nitrogen and oxygen atoms in total. The number of rotatable bonds is 8. The summed E-state index contributed by atoms with van der Waals surface area (Å²) in [6, 6.07) is 7.06. The first kappa shape index (κ1) is 14.2. The van der Waals surface area contributed by atoms with Crippen LogP contribution < -0.4 is 4.74 Å². The zero-order valence-electron chi connectivity index (χ0n) is 8.78. The van der Waals surface area contributed by atoms with Crippen LogP contribution in [0.15, 0.2) is 34.0 Å². The minimum atomic E-state index is 0.540. The summed E-state index contributed by atoms with van der Waals surface area (Å²) in [6.07, 6.45) is 0.761. The van der Waals surface area contributed by atoms with Gasteiger partial charge in [-0.05, 0) is 30.7 Å². The Morgan fingerprint density at radius 1 is 1.29 bits per heavy atom. The lowest BCUT2D eigenvalue weighted by Crippen LogP contribution is -1.98. The van der Waals surface area contributed by atoms with Crippen molar-refractivity contribution in [2.24, 2.45) is 9.75 Å². The van der Waals surface area contributed by atoms with Gasteiger partial charge in [0.1, 0.15) is 5.75 Å². The second kappa shape index (κ2) is 9.20. The molecule has 0 spiro atoms. The Morgan fingerprint density at radius 2 is 2.06 bits per heavy atom. The molecule has 0 unspecified atom stereocenters. The van der Waals surface area contributed by atoms with Gasteiger partial charge in [0.25, 0.3) is 0 Å². The van der Waals surface area contributed by atoms with E-state index in [0.717, 1.165) is 24.2 Å². The van der Waals surface area contributed by atoms with Crippen molar-refractivity contribution < 1.29 is 19.4 Å². The average Bonchev–Trinajstić information content (AvgIpc) is 2.36. The fourth-order valence-corrected chi connectivity index (χ4v) is 1.45. The Kier molecular flexibility index (Phi) is 7.69. The molecule has 8 heteroatoms. The second-order valence-corrected chi connectivity index (χ2v) is 3.77. The smallest absolute Gasteiger partial charge is 0.119 e. The van der Waals surface area contributed by atoms with Gasteiger partial charge >= 0.3 is 0 Å². The van der Waals surface area contributed by atoms with Crippen molar-refractivity contribution in [3.05, 3.63) is 24.3 Å². The molecule has 1 rings (SSSR count). The van der Waals surface area contributed by atoms with E-state index in [9.17, 15) is 0 Å². The minimum absolute atomic E-state index is 0.540. The molecule has 0 fully saturated rings. The van der Waals surface area contributed by atoms with Crippen LogP contribution in [-0.2, 0) is 9.37 Å². The Hall–Kier alpha value is -0.860. The summed E-state index contributed by atoms with van der Waals surface area (Å²) >= 11 is 6.11. The molecule has 1 aromatic rings. The van der Waals surface area contributed by atoms with Gasteiger partial charge in [-0.25, -0.2) is 5.26 Å². The number of hydrogen-bond donors (Lipinski definition) is 1. The molecular weight excluding hydrogens is 268 g/mol. The van der Waals surface area contributed by atoms with Crippen molar-refractivity contribution in [2.75, 3.05) is 12.4 Å². The van der Waals surface area contributed by atoms with Crippen molar-refractivity contribution in [1.82, 2.24) is 0 Å². The number of nitrogens with zero attached hydrogens (tertiary/aromatic N) is 2. The summed E-state index contributed by atoms with van der Waals surface area (Å²) in [4.78, 5) is 0. The lowest BCUT2D eigenvalue weighted by atomic mass is 10.3. The van der Waals surface area contributed by atoms with Gasteiger partial charge in [-0.1, -0.05) is 9.67 Å². The maximum Gasteiger partial charge on any atom is 0.119 e. The zero-order chi connectivity index (χ0) is 12.3. The van der Waals surface area contributed by atoms with Crippen molar-refractivity contribution in [1.29, 1.82) is 0 Å². The first-order valence-electron chi connectivity index (χ1n) is 4.71. The summed E-state index contributed by atoms with van der Waals surface area (Å²) in [5, 5.41) is 15.0. The van der Waals surface area contributed by atoms with Crippen LogP contribution in [0.4, 0.5) is 5.69 Å². The SMILES string of the molecule is OOOSCCCOc1ccc(/N=N/Cl)cc1. The first-order chi connectivity index (χ1) is 8.36. The minimum Gasteiger partial charge on any atom is -0.494 e. The summed E-state index contributed by atoms with van der Waals surface area (Å²) < 4.78 is 12.8. The Morgan fingerprint density at radius 3 is 2.71 bits per heavy atom. The van der Waals surface area contributed by atoms with Crippen LogP contribution >= 0.6 is 23.8 Å². The van der Waals surface area contributed by atoms with Crippen LogP contribution in [0.5, 0.6) is 5.75 Å². The third-order valence-electron chi connectivity index (χ3n) is 1.71. The first-order valence-corrected chi connectivity index (χ1v) is 5.96.